The molecule has 9 heteroatoms. The fourth-order valence-electron chi connectivity index (χ4n) is 1.26. The third kappa shape index (κ3) is 2.65. The van der Waals surface area contributed by atoms with Crippen LogP contribution in [0.1, 0.15) is 11.6 Å². The Morgan fingerprint density at radius 3 is 2.00 bits per heavy atom. The second-order valence-electron chi connectivity index (χ2n) is 2.95. The molecule has 1 atom stereocenters. The van der Waals surface area contributed by atoms with Crippen molar-refractivity contribution in [2.45, 2.75) is 6.04 Å². The van der Waals surface area contributed by atoms with Crippen molar-refractivity contribution in [3.8, 4) is 0 Å². The third-order valence-electron chi connectivity index (χ3n) is 1.91. The predicted molar refractivity (Wildman–Crippen MR) is 52.6 cm³/mol. The van der Waals surface area contributed by atoms with E-state index in [0.29, 0.717) is 0 Å². The summed E-state index contributed by atoms with van der Waals surface area (Å²) in [4.78, 5) is 31.9. The fraction of sp³-hybridized carbons (Fsp3) is 0.125. The summed E-state index contributed by atoms with van der Waals surface area (Å²) in [5.41, 5.74) is -0.0478. The first-order chi connectivity index (χ1) is 7.95. The molecule has 0 bridgehead atoms. The molecule has 1 unspecified atom stereocenters. The first-order valence-electron chi connectivity index (χ1n) is 4.30. The highest BCUT2D eigenvalue weighted by Gasteiger charge is 2.44. The second-order valence-corrected chi connectivity index (χ2v) is 2.95. The SMILES string of the molecule is O=C(O)C(c1ccccc1)N([N+](=O)[O-])[N+](=O)[O-]. The van der Waals surface area contributed by atoms with Crippen molar-refractivity contribution in [2.24, 2.45) is 0 Å². The maximum atomic E-state index is 10.9. The maximum absolute atomic E-state index is 10.9. The van der Waals surface area contributed by atoms with Gasteiger partial charge < -0.3 is 5.11 Å². The average Bonchev–Trinajstić information content (AvgIpc) is 2.25. The highest BCUT2D eigenvalue weighted by Crippen LogP contribution is 2.20. The molecule has 0 heterocycles. The number of hydrogen-bond donors (Lipinski definition) is 1. The van der Waals surface area contributed by atoms with Gasteiger partial charge in [-0.2, -0.15) is 0 Å². The van der Waals surface area contributed by atoms with Crippen LogP contribution in [-0.4, -0.2) is 26.3 Å². The van der Waals surface area contributed by atoms with Crippen molar-refractivity contribution in [1.29, 1.82) is 0 Å². The highest BCUT2D eigenvalue weighted by atomic mass is 16.8. The molecule has 1 aromatic carbocycles. The van der Waals surface area contributed by atoms with E-state index in [1.165, 1.54) is 24.3 Å². The number of nitro groups is 2. The van der Waals surface area contributed by atoms with E-state index >= 15 is 0 Å². The van der Waals surface area contributed by atoms with Gasteiger partial charge >= 0.3 is 5.97 Å². The summed E-state index contributed by atoms with van der Waals surface area (Å²) in [7, 11) is 0. The molecule has 0 amide bonds. The van der Waals surface area contributed by atoms with E-state index < -0.39 is 27.2 Å². The van der Waals surface area contributed by atoms with Gasteiger partial charge in [-0.3, -0.25) is 0 Å². The Balaban J connectivity index is 3.22. The quantitative estimate of drug-likeness (QED) is 0.587. The second kappa shape index (κ2) is 4.88. The van der Waals surface area contributed by atoms with Crippen molar-refractivity contribution in [3.05, 3.63) is 56.1 Å². The Morgan fingerprint density at radius 1 is 1.18 bits per heavy atom. The van der Waals surface area contributed by atoms with Gasteiger partial charge in [0.25, 0.3) is 6.04 Å². The van der Waals surface area contributed by atoms with Gasteiger partial charge in [-0.1, -0.05) is 30.3 Å². The Hall–Kier alpha value is -2.71. The summed E-state index contributed by atoms with van der Waals surface area (Å²) in [6.45, 7) is 0. The number of carbonyl (C=O) groups is 1. The molecule has 90 valence electrons. The standard InChI is InChI=1S/C8H7N3O6/c12-8(13)7(6-4-2-1-3-5-6)9(10(14)15)11(16)17/h1-5,7H,(H,12,13). The van der Waals surface area contributed by atoms with Gasteiger partial charge in [0.2, 0.25) is 10.1 Å². The topological polar surface area (TPSA) is 127 Å². The van der Waals surface area contributed by atoms with Gasteiger partial charge in [0.05, 0.1) is 0 Å². The van der Waals surface area contributed by atoms with E-state index in [2.05, 4.69) is 0 Å². The molecular formula is C8H7N3O6. The van der Waals surface area contributed by atoms with Crippen LogP contribution >= 0.6 is 0 Å². The van der Waals surface area contributed by atoms with E-state index in [1.807, 2.05) is 0 Å². The van der Waals surface area contributed by atoms with Crippen molar-refractivity contribution in [2.75, 3.05) is 0 Å². The Labute approximate surface area is 94.1 Å². The van der Waals surface area contributed by atoms with E-state index in [4.69, 9.17) is 5.11 Å². The smallest absolute Gasteiger partial charge is 0.344 e. The van der Waals surface area contributed by atoms with E-state index in [1.54, 1.807) is 6.07 Å². The lowest BCUT2D eigenvalue weighted by Crippen LogP contribution is -2.42. The van der Waals surface area contributed by atoms with Crippen LogP contribution in [0.5, 0.6) is 0 Å². The largest absolute Gasteiger partial charge is 0.479 e. The summed E-state index contributed by atoms with van der Waals surface area (Å²) in [6.07, 6.45) is 0. The molecule has 0 radical (unpaired) electrons. The lowest BCUT2D eigenvalue weighted by Gasteiger charge is -2.12. The van der Waals surface area contributed by atoms with Crippen LogP contribution in [0.3, 0.4) is 0 Å². The summed E-state index contributed by atoms with van der Waals surface area (Å²) in [5, 5.41) is 26.5. The van der Waals surface area contributed by atoms with Crippen LogP contribution in [0.2, 0.25) is 0 Å². The van der Waals surface area contributed by atoms with Gasteiger partial charge in [0.1, 0.15) is 0 Å². The number of nitrogens with zero attached hydrogens (tertiary/aromatic N) is 3. The summed E-state index contributed by atoms with van der Waals surface area (Å²) < 4.78 is 0. The van der Waals surface area contributed by atoms with E-state index in [-0.39, 0.29) is 5.56 Å². The predicted octanol–water partition coefficient (Wildman–Crippen LogP) is 0.498. The normalized spacial score (nSPS) is 11.5. The molecule has 17 heavy (non-hydrogen) atoms. The molecule has 0 aliphatic heterocycles. The van der Waals surface area contributed by atoms with Crippen LogP contribution in [0, 0.1) is 20.2 Å². The first kappa shape index (κ1) is 12.4. The van der Waals surface area contributed by atoms with Crippen molar-refractivity contribution in [1.82, 2.24) is 5.12 Å². The molecule has 0 saturated carbocycles. The molecule has 1 rings (SSSR count). The third-order valence-corrected chi connectivity index (χ3v) is 1.91. The number of rotatable bonds is 5. The fourth-order valence-corrected chi connectivity index (χ4v) is 1.26. The first-order valence-corrected chi connectivity index (χ1v) is 4.30. The summed E-state index contributed by atoms with van der Waals surface area (Å²) in [5.74, 6) is -1.68. The molecular weight excluding hydrogens is 234 g/mol. The van der Waals surface area contributed by atoms with Gasteiger partial charge in [-0.25, -0.2) is 25.0 Å². The molecule has 0 saturated heterocycles. The van der Waals surface area contributed by atoms with Gasteiger partial charge in [0.15, 0.2) is 5.12 Å². The molecule has 0 spiro atoms. The zero-order valence-corrected chi connectivity index (χ0v) is 8.29. The minimum Gasteiger partial charge on any atom is -0.479 e. The van der Waals surface area contributed by atoms with Gasteiger partial charge in [-0.15, -0.1) is 0 Å². The number of benzene rings is 1. The van der Waals surface area contributed by atoms with Crippen molar-refractivity contribution in [3.63, 3.8) is 0 Å². The monoisotopic (exact) mass is 241 g/mol. The molecule has 0 fully saturated rings. The maximum Gasteiger partial charge on any atom is 0.344 e. The number of carboxylic acids is 1. The Kier molecular flexibility index (Phi) is 3.55. The average molecular weight is 241 g/mol. The Bertz CT molecular complexity index is 434. The summed E-state index contributed by atoms with van der Waals surface area (Å²) in [6, 6.07) is 4.98. The molecule has 9 nitrogen and oxygen atoms in total. The van der Waals surface area contributed by atoms with Crippen molar-refractivity contribution < 1.29 is 20.0 Å². The van der Waals surface area contributed by atoms with Crippen LogP contribution in [0.15, 0.2) is 30.3 Å². The Morgan fingerprint density at radius 2 is 1.65 bits per heavy atom. The van der Waals surface area contributed by atoms with E-state index in [0.717, 1.165) is 0 Å². The summed E-state index contributed by atoms with van der Waals surface area (Å²) >= 11 is 0. The van der Waals surface area contributed by atoms with Gasteiger partial charge in [-0.05, 0) is 5.56 Å². The molecule has 0 aliphatic rings. The molecule has 0 aromatic heterocycles. The lowest BCUT2D eigenvalue weighted by molar-refractivity contribution is -0.914. The van der Waals surface area contributed by atoms with Crippen LogP contribution in [0.25, 0.3) is 0 Å². The molecule has 1 aromatic rings. The van der Waals surface area contributed by atoms with Crippen LogP contribution < -0.4 is 0 Å². The minimum atomic E-state index is -1.97. The zero-order valence-electron chi connectivity index (χ0n) is 8.29. The molecule has 1 N–H and O–H groups in total. The van der Waals surface area contributed by atoms with Crippen molar-refractivity contribution >= 4 is 5.97 Å². The number of carboxylic acid groups (broad SMARTS) is 1. The lowest BCUT2D eigenvalue weighted by atomic mass is 10.1. The number of hydrogen-bond acceptors (Lipinski definition) is 5. The van der Waals surface area contributed by atoms with E-state index in [9.17, 15) is 25.0 Å². The molecule has 0 aliphatic carbocycles. The van der Waals surface area contributed by atoms with Crippen LogP contribution in [-0.2, 0) is 4.79 Å². The highest BCUT2D eigenvalue weighted by molar-refractivity contribution is 5.75. The number of hydrazine groups is 2. The number of aliphatic carboxylic acids is 1. The van der Waals surface area contributed by atoms with Gasteiger partial charge in [0, 0.05) is 0 Å². The van der Waals surface area contributed by atoms with Crippen LogP contribution in [0.4, 0.5) is 0 Å². The minimum absolute atomic E-state index is 0.0478. The zero-order chi connectivity index (χ0) is 13.0.